The van der Waals surface area contributed by atoms with E-state index in [2.05, 4.69) is 27.2 Å². The lowest BCUT2D eigenvalue weighted by Gasteiger charge is -2.12. The average molecular weight is 494 g/mol. The minimum atomic E-state index is -0.378. The van der Waals surface area contributed by atoms with E-state index in [1.54, 1.807) is 36.8 Å². The Hall–Kier alpha value is -3.84. The Balaban J connectivity index is 0.00000210. The minimum Gasteiger partial charge on any atom is -0.495 e. The maximum absolute atomic E-state index is 12.4. The van der Waals surface area contributed by atoms with E-state index < -0.39 is 0 Å². The Bertz CT molecular complexity index is 1170. The molecule has 2 amide bonds. The molecule has 0 bridgehead atoms. The topological polar surface area (TPSA) is 81.1 Å². The number of urea groups is 1. The fourth-order valence-corrected chi connectivity index (χ4v) is 3.27. The summed E-state index contributed by atoms with van der Waals surface area (Å²) in [4.78, 5) is 20.9. The van der Waals surface area contributed by atoms with Gasteiger partial charge in [0.1, 0.15) is 11.6 Å². The van der Waals surface area contributed by atoms with Crippen molar-refractivity contribution in [2.75, 3.05) is 12.4 Å². The molecule has 8 heteroatoms. The van der Waals surface area contributed by atoms with Gasteiger partial charge in [-0.15, -0.1) is 0 Å². The first kappa shape index (κ1) is 27.4. The number of halogens is 1. The number of benzene rings is 1. The summed E-state index contributed by atoms with van der Waals surface area (Å²) in [5.41, 5.74) is 3.12. The van der Waals surface area contributed by atoms with Gasteiger partial charge in [-0.2, -0.15) is 0 Å². The maximum Gasteiger partial charge on any atom is 0.323 e. The highest BCUT2D eigenvalue weighted by atomic mass is 35.5. The molecule has 0 atom stereocenters. The van der Waals surface area contributed by atoms with Crippen molar-refractivity contribution in [1.82, 2.24) is 19.9 Å². The van der Waals surface area contributed by atoms with Crippen molar-refractivity contribution in [1.29, 1.82) is 0 Å². The number of carbonyl (C=O) groups excluding carboxylic acids is 1. The molecule has 0 radical (unpaired) electrons. The number of hydrogen-bond acceptors (Lipinski definition) is 4. The first-order valence-corrected chi connectivity index (χ1v) is 11.8. The summed E-state index contributed by atoms with van der Waals surface area (Å²) in [6.07, 6.45) is 13.4. The lowest BCUT2D eigenvalue weighted by atomic mass is 10.2. The Kier molecular flexibility index (Phi) is 11.3. The molecule has 0 unspecified atom stereocenters. The van der Waals surface area contributed by atoms with Gasteiger partial charge < -0.3 is 19.9 Å². The summed E-state index contributed by atoms with van der Waals surface area (Å²) in [5, 5.41) is 6.11. The van der Waals surface area contributed by atoms with Crippen molar-refractivity contribution in [3.8, 4) is 17.1 Å². The number of pyridine rings is 1. The van der Waals surface area contributed by atoms with Crippen LogP contribution in [0.2, 0.25) is 5.02 Å². The third kappa shape index (κ3) is 8.46. The lowest BCUT2D eigenvalue weighted by molar-refractivity contribution is 0.254. The van der Waals surface area contributed by atoms with E-state index in [0.717, 1.165) is 22.7 Å². The second-order valence-corrected chi connectivity index (χ2v) is 7.54. The maximum atomic E-state index is 12.4. The third-order valence-electron chi connectivity index (χ3n) is 4.72. The van der Waals surface area contributed by atoms with Crippen LogP contribution < -0.4 is 15.4 Å². The van der Waals surface area contributed by atoms with Crippen molar-refractivity contribution < 1.29 is 9.53 Å². The van der Waals surface area contributed by atoms with Crippen LogP contribution >= 0.6 is 11.6 Å². The zero-order chi connectivity index (χ0) is 25.6. The third-order valence-corrected chi connectivity index (χ3v) is 4.96. The number of imidazole rings is 1. The number of nitrogens with one attached hydrogen (secondary N) is 2. The highest BCUT2D eigenvalue weighted by Crippen LogP contribution is 2.27. The largest absolute Gasteiger partial charge is 0.495 e. The summed E-state index contributed by atoms with van der Waals surface area (Å²) in [6.45, 7) is 10.7. The molecular weight excluding hydrogens is 462 g/mol. The van der Waals surface area contributed by atoms with Crippen LogP contribution in [-0.4, -0.2) is 27.7 Å². The fourth-order valence-electron chi connectivity index (χ4n) is 3.10. The molecular formula is C27H32ClN5O2. The summed E-state index contributed by atoms with van der Waals surface area (Å²) in [5.74, 6) is 1.38. The van der Waals surface area contributed by atoms with E-state index in [4.69, 9.17) is 16.3 Å². The monoisotopic (exact) mass is 493 g/mol. The Morgan fingerprint density at radius 3 is 2.63 bits per heavy atom. The van der Waals surface area contributed by atoms with Gasteiger partial charge in [0.25, 0.3) is 0 Å². The second-order valence-electron chi connectivity index (χ2n) is 7.10. The molecule has 2 N–H and O–H groups in total. The Labute approximate surface area is 212 Å². The van der Waals surface area contributed by atoms with Crippen molar-refractivity contribution in [3.05, 3.63) is 96.2 Å². The number of rotatable bonds is 9. The Morgan fingerprint density at radius 1 is 1.20 bits per heavy atom. The van der Waals surface area contributed by atoms with Crippen LogP contribution in [0.15, 0.2) is 91.2 Å². The molecule has 0 saturated carbocycles. The SMILES string of the molecule is C=C(/C=C\C=C(/CC)NC(=O)Nc1cc(Cl)ccc1OC)Cn1ccnc1-c1ccncc1.CC. The molecule has 0 spiro atoms. The van der Waals surface area contributed by atoms with Gasteiger partial charge >= 0.3 is 6.03 Å². The first-order chi connectivity index (χ1) is 17.0. The number of nitrogens with zero attached hydrogens (tertiary/aromatic N) is 3. The predicted molar refractivity (Wildman–Crippen MR) is 144 cm³/mol. The summed E-state index contributed by atoms with van der Waals surface area (Å²) in [7, 11) is 1.53. The highest BCUT2D eigenvalue weighted by Gasteiger charge is 2.09. The van der Waals surface area contributed by atoms with Crippen LogP contribution in [0.4, 0.5) is 10.5 Å². The van der Waals surface area contributed by atoms with Crippen molar-refractivity contribution in [2.24, 2.45) is 0 Å². The van der Waals surface area contributed by atoms with Gasteiger partial charge in [0.15, 0.2) is 0 Å². The van der Waals surface area contributed by atoms with Crippen LogP contribution in [0.1, 0.15) is 27.2 Å². The van der Waals surface area contributed by atoms with Gasteiger partial charge in [0, 0.05) is 47.6 Å². The van der Waals surface area contributed by atoms with Crippen LogP contribution in [0, 0.1) is 0 Å². The van der Waals surface area contributed by atoms with Crippen molar-refractivity contribution in [3.63, 3.8) is 0 Å². The van der Waals surface area contributed by atoms with Gasteiger partial charge in [0.2, 0.25) is 0 Å². The normalized spacial score (nSPS) is 10.9. The van der Waals surface area contributed by atoms with Crippen LogP contribution in [0.3, 0.4) is 0 Å². The molecule has 0 aliphatic rings. The number of ether oxygens (including phenoxy) is 1. The number of carbonyl (C=O) groups is 1. The van der Waals surface area contributed by atoms with E-state index in [9.17, 15) is 4.79 Å². The van der Waals surface area contributed by atoms with Crippen LogP contribution in [-0.2, 0) is 6.54 Å². The molecule has 0 saturated heterocycles. The standard InChI is InChI=1S/C25H26ClN5O2.C2H6/c1-4-21(29-25(32)30-22-16-20(26)8-9-23(22)33-3)7-5-6-18(2)17-31-15-14-28-24(31)19-10-12-27-13-11-19;1-2/h5-16H,2,4,17H2,1,3H3,(H2,29,30,32);1-2H3/b6-5-,21-7+;. The smallest absolute Gasteiger partial charge is 0.323 e. The minimum absolute atomic E-state index is 0.378. The molecule has 0 aliphatic carbocycles. The molecule has 3 aromatic rings. The quantitative estimate of drug-likeness (QED) is 0.319. The molecule has 3 rings (SSSR count). The molecule has 0 aliphatic heterocycles. The molecule has 2 heterocycles. The molecule has 35 heavy (non-hydrogen) atoms. The van der Waals surface area contributed by atoms with E-state index in [1.807, 2.05) is 61.9 Å². The van der Waals surface area contributed by atoms with E-state index in [1.165, 1.54) is 7.11 Å². The van der Waals surface area contributed by atoms with Crippen LogP contribution in [0.5, 0.6) is 5.75 Å². The van der Waals surface area contributed by atoms with Gasteiger partial charge in [-0.3, -0.25) is 4.98 Å². The van der Waals surface area contributed by atoms with Crippen molar-refractivity contribution in [2.45, 2.75) is 33.7 Å². The van der Waals surface area contributed by atoms with E-state index in [0.29, 0.717) is 29.4 Å². The molecule has 1 aromatic carbocycles. The van der Waals surface area contributed by atoms with E-state index >= 15 is 0 Å². The molecule has 7 nitrogen and oxygen atoms in total. The summed E-state index contributed by atoms with van der Waals surface area (Å²) in [6, 6.07) is 8.49. The van der Waals surface area contributed by atoms with Gasteiger partial charge in [-0.05, 0) is 48.4 Å². The fraction of sp³-hybridized carbons (Fsp3) is 0.222. The zero-order valence-corrected chi connectivity index (χ0v) is 21.3. The van der Waals surface area contributed by atoms with E-state index in [-0.39, 0.29) is 6.03 Å². The second kappa shape index (κ2) is 14.4. The van der Waals surface area contributed by atoms with Gasteiger partial charge in [-0.1, -0.05) is 51.1 Å². The number of amides is 2. The summed E-state index contributed by atoms with van der Waals surface area (Å²) >= 11 is 6.02. The predicted octanol–water partition coefficient (Wildman–Crippen LogP) is 6.86. The number of hydrogen-bond donors (Lipinski definition) is 2. The first-order valence-electron chi connectivity index (χ1n) is 11.4. The number of aromatic nitrogens is 3. The van der Waals surface area contributed by atoms with Crippen molar-refractivity contribution >= 4 is 23.3 Å². The number of methoxy groups -OCH3 is 1. The lowest BCUT2D eigenvalue weighted by Crippen LogP contribution is -2.28. The average Bonchev–Trinajstić information content (AvgIpc) is 3.33. The van der Waals surface area contributed by atoms with Gasteiger partial charge in [-0.25, -0.2) is 9.78 Å². The van der Waals surface area contributed by atoms with Gasteiger partial charge in [0.05, 0.1) is 12.8 Å². The van der Waals surface area contributed by atoms with Crippen LogP contribution in [0.25, 0.3) is 11.4 Å². The molecule has 184 valence electrons. The zero-order valence-electron chi connectivity index (χ0n) is 20.6. The summed E-state index contributed by atoms with van der Waals surface area (Å²) < 4.78 is 7.28. The Morgan fingerprint density at radius 2 is 1.94 bits per heavy atom. The highest BCUT2D eigenvalue weighted by molar-refractivity contribution is 6.31. The number of allylic oxidation sites excluding steroid dienone is 5. The molecule has 0 fully saturated rings. The number of anilines is 1. The molecule has 2 aromatic heterocycles.